The lowest BCUT2D eigenvalue weighted by molar-refractivity contribution is 0.0998. The van der Waals surface area contributed by atoms with Gasteiger partial charge in [0.2, 0.25) is 5.88 Å². The van der Waals surface area contributed by atoms with Gasteiger partial charge in [0.25, 0.3) is 5.91 Å². The van der Waals surface area contributed by atoms with Crippen molar-refractivity contribution >= 4 is 23.1 Å². The van der Waals surface area contributed by atoms with Gasteiger partial charge in [-0.25, -0.2) is 4.98 Å². The Hall–Kier alpha value is -2.47. The van der Waals surface area contributed by atoms with E-state index in [1.807, 2.05) is 0 Å². The quantitative estimate of drug-likeness (QED) is 0.826. The molecule has 0 aliphatic heterocycles. The smallest absolute Gasteiger partial charge is 0.252 e. The summed E-state index contributed by atoms with van der Waals surface area (Å²) in [6, 6.07) is 9.98. The first kappa shape index (κ1) is 13.0. The first-order chi connectivity index (χ1) is 9.08. The van der Waals surface area contributed by atoms with Crippen molar-refractivity contribution in [1.29, 1.82) is 0 Å². The number of para-hydroxylation sites is 1. The van der Waals surface area contributed by atoms with Gasteiger partial charge in [0, 0.05) is 17.8 Å². The molecule has 1 heterocycles. The van der Waals surface area contributed by atoms with Crippen molar-refractivity contribution < 1.29 is 9.53 Å². The topological polar surface area (TPSA) is 91.2 Å². The van der Waals surface area contributed by atoms with E-state index in [4.69, 9.17) is 28.4 Å². The van der Waals surface area contributed by atoms with Crippen molar-refractivity contribution in [3.05, 3.63) is 53.7 Å². The number of benzene rings is 1. The molecule has 5 nitrogen and oxygen atoms in total. The fourth-order valence-corrected chi connectivity index (χ4v) is 1.58. The summed E-state index contributed by atoms with van der Waals surface area (Å²) in [7, 11) is 0. The van der Waals surface area contributed by atoms with Crippen LogP contribution in [0.3, 0.4) is 0 Å². The molecular formula is C13H11N3O2S. The van der Waals surface area contributed by atoms with E-state index >= 15 is 0 Å². The van der Waals surface area contributed by atoms with Crippen LogP contribution in [0.1, 0.15) is 15.9 Å². The van der Waals surface area contributed by atoms with Gasteiger partial charge in [-0.3, -0.25) is 4.79 Å². The normalized spacial score (nSPS) is 9.89. The number of hydrogen-bond donors (Lipinski definition) is 2. The summed E-state index contributed by atoms with van der Waals surface area (Å²) in [6.45, 7) is 0. The van der Waals surface area contributed by atoms with E-state index in [-0.39, 0.29) is 4.99 Å². The molecule has 0 spiro atoms. The number of amides is 1. The van der Waals surface area contributed by atoms with Gasteiger partial charge in [0.05, 0.1) is 5.56 Å². The summed E-state index contributed by atoms with van der Waals surface area (Å²) < 4.78 is 5.51. The molecular weight excluding hydrogens is 262 g/mol. The van der Waals surface area contributed by atoms with Gasteiger partial charge in [0.1, 0.15) is 10.7 Å². The standard InChI is InChI=1S/C13H11N3O2S/c14-12(17)9-3-1-2-4-10(9)18-11-6-5-8(7-16-11)13(15)19/h1-7H,(H2,14,17)(H2,15,19). The number of hydrogen-bond acceptors (Lipinski definition) is 4. The first-order valence-electron chi connectivity index (χ1n) is 5.40. The largest absolute Gasteiger partial charge is 0.438 e. The number of carbonyl (C=O) groups is 1. The van der Waals surface area contributed by atoms with Crippen LogP contribution in [-0.4, -0.2) is 15.9 Å². The van der Waals surface area contributed by atoms with Gasteiger partial charge in [-0.05, 0) is 18.2 Å². The maximum absolute atomic E-state index is 11.2. The first-order valence-corrected chi connectivity index (χ1v) is 5.81. The lowest BCUT2D eigenvalue weighted by Gasteiger charge is -2.08. The molecule has 1 aromatic carbocycles. The molecule has 0 atom stereocenters. The molecule has 2 rings (SSSR count). The second-order valence-corrected chi connectivity index (χ2v) is 4.15. The fourth-order valence-electron chi connectivity index (χ4n) is 1.46. The van der Waals surface area contributed by atoms with Crippen LogP contribution in [0, 0.1) is 0 Å². The van der Waals surface area contributed by atoms with E-state index in [0.29, 0.717) is 22.8 Å². The summed E-state index contributed by atoms with van der Waals surface area (Å²) in [4.78, 5) is 15.6. The number of pyridine rings is 1. The molecule has 19 heavy (non-hydrogen) atoms. The van der Waals surface area contributed by atoms with Crippen LogP contribution in [-0.2, 0) is 0 Å². The second-order valence-electron chi connectivity index (χ2n) is 3.71. The summed E-state index contributed by atoms with van der Waals surface area (Å²) in [5.74, 6) is 0.120. The van der Waals surface area contributed by atoms with Crippen LogP contribution in [0.15, 0.2) is 42.6 Å². The molecule has 1 amide bonds. The van der Waals surface area contributed by atoms with Crippen molar-refractivity contribution in [2.24, 2.45) is 11.5 Å². The van der Waals surface area contributed by atoms with Crippen LogP contribution in [0.2, 0.25) is 0 Å². The maximum atomic E-state index is 11.2. The van der Waals surface area contributed by atoms with Crippen LogP contribution in [0.5, 0.6) is 11.6 Å². The third-order valence-corrected chi connectivity index (χ3v) is 2.62. The zero-order valence-electron chi connectivity index (χ0n) is 9.87. The number of thiocarbonyl (C=S) groups is 1. The summed E-state index contributed by atoms with van der Waals surface area (Å²) in [5.41, 5.74) is 11.7. The lowest BCUT2D eigenvalue weighted by atomic mass is 10.2. The molecule has 6 heteroatoms. The average Bonchev–Trinajstić information content (AvgIpc) is 2.39. The summed E-state index contributed by atoms with van der Waals surface area (Å²) in [5, 5.41) is 0. The highest BCUT2D eigenvalue weighted by atomic mass is 32.1. The van der Waals surface area contributed by atoms with Crippen molar-refractivity contribution in [3.8, 4) is 11.6 Å². The van der Waals surface area contributed by atoms with Crippen LogP contribution in [0.4, 0.5) is 0 Å². The SMILES string of the molecule is NC(=O)c1ccccc1Oc1ccc(C(N)=S)cn1. The molecule has 0 radical (unpaired) electrons. The molecule has 1 aromatic heterocycles. The molecule has 4 N–H and O–H groups in total. The number of aromatic nitrogens is 1. The minimum atomic E-state index is -0.560. The number of nitrogens with two attached hydrogens (primary N) is 2. The number of rotatable bonds is 4. The predicted octanol–water partition coefficient (Wildman–Crippen LogP) is 1.61. The Morgan fingerprint density at radius 2 is 1.89 bits per heavy atom. The summed E-state index contributed by atoms with van der Waals surface area (Å²) in [6.07, 6.45) is 1.50. The molecule has 0 saturated heterocycles. The van der Waals surface area contributed by atoms with E-state index in [9.17, 15) is 4.79 Å². The molecule has 0 fully saturated rings. The molecule has 0 unspecified atom stereocenters. The molecule has 96 valence electrons. The van der Waals surface area contributed by atoms with Gasteiger partial charge >= 0.3 is 0 Å². The van der Waals surface area contributed by atoms with Gasteiger partial charge in [-0.15, -0.1) is 0 Å². The maximum Gasteiger partial charge on any atom is 0.252 e. The van der Waals surface area contributed by atoms with Gasteiger partial charge in [0.15, 0.2) is 0 Å². The Balaban J connectivity index is 2.26. The van der Waals surface area contributed by atoms with E-state index in [2.05, 4.69) is 4.98 Å². The molecule has 0 aliphatic rings. The Morgan fingerprint density at radius 1 is 1.16 bits per heavy atom. The van der Waals surface area contributed by atoms with Crippen molar-refractivity contribution in [2.45, 2.75) is 0 Å². The summed E-state index contributed by atoms with van der Waals surface area (Å²) >= 11 is 4.83. The van der Waals surface area contributed by atoms with E-state index in [0.717, 1.165) is 0 Å². The number of carbonyl (C=O) groups excluding carboxylic acids is 1. The van der Waals surface area contributed by atoms with E-state index in [1.54, 1.807) is 36.4 Å². The van der Waals surface area contributed by atoms with Crippen molar-refractivity contribution in [2.75, 3.05) is 0 Å². The molecule has 2 aromatic rings. The highest BCUT2D eigenvalue weighted by Gasteiger charge is 2.09. The van der Waals surface area contributed by atoms with Gasteiger partial charge < -0.3 is 16.2 Å². The van der Waals surface area contributed by atoms with E-state index < -0.39 is 5.91 Å². The van der Waals surface area contributed by atoms with Crippen molar-refractivity contribution in [3.63, 3.8) is 0 Å². The zero-order chi connectivity index (χ0) is 13.8. The molecule has 0 aliphatic carbocycles. The number of nitrogens with zero attached hydrogens (tertiary/aromatic N) is 1. The Labute approximate surface area is 115 Å². The van der Waals surface area contributed by atoms with Crippen molar-refractivity contribution in [1.82, 2.24) is 4.98 Å². The second kappa shape index (κ2) is 5.45. The van der Waals surface area contributed by atoms with E-state index in [1.165, 1.54) is 6.20 Å². The predicted molar refractivity (Wildman–Crippen MR) is 75.2 cm³/mol. The monoisotopic (exact) mass is 273 g/mol. The fraction of sp³-hybridized carbons (Fsp3) is 0. The highest BCUT2D eigenvalue weighted by Crippen LogP contribution is 2.23. The third-order valence-electron chi connectivity index (χ3n) is 2.39. The Kier molecular flexibility index (Phi) is 3.72. The van der Waals surface area contributed by atoms with Crippen LogP contribution in [0.25, 0.3) is 0 Å². The molecule has 0 bridgehead atoms. The Bertz CT molecular complexity index is 626. The van der Waals surface area contributed by atoms with Crippen LogP contribution >= 0.6 is 12.2 Å². The average molecular weight is 273 g/mol. The molecule has 0 saturated carbocycles. The number of ether oxygens (including phenoxy) is 1. The van der Waals surface area contributed by atoms with Gasteiger partial charge in [-0.2, -0.15) is 0 Å². The van der Waals surface area contributed by atoms with Crippen LogP contribution < -0.4 is 16.2 Å². The minimum absolute atomic E-state index is 0.261. The minimum Gasteiger partial charge on any atom is -0.438 e. The number of primary amides is 1. The highest BCUT2D eigenvalue weighted by molar-refractivity contribution is 7.80. The van der Waals surface area contributed by atoms with Gasteiger partial charge in [-0.1, -0.05) is 24.4 Å². The third kappa shape index (κ3) is 3.05. The Morgan fingerprint density at radius 3 is 2.47 bits per heavy atom. The zero-order valence-corrected chi connectivity index (χ0v) is 10.7. The lowest BCUT2D eigenvalue weighted by Crippen LogP contribution is -2.12.